The summed E-state index contributed by atoms with van der Waals surface area (Å²) in [6.07, 6.45) is 4.65. The van der Waals surface area contributed by atoms with Crippen LogP contribution in [0.3, 0.4) is 0 Å². The Morgan fingerprint density at radius 2 is 0.632 bits per heavy atom. The number of ether oxygens (including phenoxy) is 4. The van der Waals surface area contributed by atoms with Crippen LogP contribution in [0.2, 0.25) is 0 Å². The number of nitro benzene ring substituents is 1. The topological polar surface area (TPSA) is 217 Å². The Labute approximate surface area is 804 Å². The Bertz CT molecular complexity index is 6860. The van der Waals surface area contributed by atoms with Crippen LogP contribution in [0.4, 0.5) is 36.4 Å². The number of hydrogen-bond donors (Lipinski definition) is 0. The lowest BCUT2D eigenvalue weighted by atomic mass is 9.81. The minimum absolute atomic E-state index is 0.0474. The molecule has 5 heterocycles. The number of ketones is 1. The van der Waals surface area contributed by atoms with E-state index in [1.54, 1.807) is 45.9 Å². The summed E-state index contributed by atoms with van der Waals surface area (Å²) in [7, 11) is -3.01. The fourth-order valence-electron chi connectivity index (χ4n) is 15.1. The van der Waals surface area contributed by atoms with Crippen LogP contribution in [0.15, 0.2) is 188 Å². The van der Waals surface area contributed by atoms with Crippen molar-refractivity contribution in [2.45, 2.75) is 188 Å². The fraction of sp³-hybridized carbons (Fsp3) is 0.312. The molecule has 5 aliphatic rings. The number of thioether (sulfide) groups is 2. The van der Waals surface area contributed by atoms with Crippen molar-refractivity contribution in [1.29, 1.82) is 0 Å². The van der Waals surface area contributed by atoms with Gasteiger partial charge >= 0.3 is 23.9 Å². The molecule has 0 saturated carbocycles. The summed E-state index contributed by atoms with van der Waals surface area (Å²) in [4.78, 5) is 73.9. The molecule has 0 spiro atoms. The van der Waals surface area contributed by atoms with E-state index in [2.05, 4.69) is 128 Å². The first-order valence-corrected chi connectivity index (χ1v) is 49.8. The number of esters is 4. The minimum atomic E-state index is -1.27. The van der Waals surface area contributed by atoms with Crippen LogP contribution in [0.1, 0.15) is 271 Å². The molecule has 10 aromatic rings. The third-order valence-electron chi connectivity index (χ3n) is 23.5. The van der Waals surface area contributed by atoms with Crippen molar-refractivity contribution in [3.05, 3.63) is 326 Å². The third-order valence-corrected chi connectivity index (χ3v) is 29.9. The van der Waals surface area contributed by atoms with Crippen LogP contribution in [0.25, 0.3) is 0 Å². The van der Waals surface area contributed by atoms with Crippen LogP contribution < -0.4 is 0 Å². The van der Waals surface area contributed by atoms with Gasteiger partial charge in [0, 0.05) is 75.6 Å². The van der Waals surface area contributed by atoms with E-state index in [-0.39, 0.29) is 104 Å². The predicted molar refractivity (Wildman–Crippen MR) is 518 cm³/mol. The first kappa shape index (κ1) is 104. The smallest absolute Gasteiger partial charge is 0.341 e. The molecule has 10 aromatic carbocycles. The summed E-state index contributed by atoms with van der Waals surface area (Å²) in [6, 6.07) is 44.2. The van der Waals surface area contributed by atoms with Gasteiger partial charge in [-0.25, -0.2) is 49.9 Å². The van der Waals surface area contributed by atoms with Gasteiger partial charge in [0.1, 0.15) is 11.4 Å². The maximum absolute atomic E-state index is 14.3. The molecule has 15 nitrogen and oxygen atoms in total. The molecule has 3 unspecified atom stereocenters. The molecule has 15 rings (SSSR count). The molecule has 704 valence electrons. The van der Waals surface area contributed by atoms with E-state index in [1.807, 2.05) is 96.3 Å². The number of benzene rings is 10. The Morgan fingerprint density at radius 1 is 0.346 bits per heavy atom. The number of halogens is 7. The standard InChI is InChI=1S/C22H20F2O3S.C22H20F2O2S.C22H21FO3S.C22H21NO5S.C21H18F2OS/c1-4-27-21(25)16-9-8-15(19(23)20(16)24)7-5-14-6-10-18-17(13-14)22(2,3)11-12-28(18)26;1-4-26-21(25)16-9-8-15(19(23)20(16)24)7-5-14-6-10-18-17(13-14)22(2,3)11-12-27-18;1-4-26-21(24)17-9-8-16(19(23)14-17)7-5-15-6-10-20-18(13-15)22(2,3)11-12-27(20)25;1-4-28-21(24)17-9-8-16(19(14-17)23(25)26)7-5-15-6-10-20-18(13-15)22(2,3)11-12-29(20)27;1-13(24)16-8-7-15(19(22)20(16)23)6-4-14-5-9-18-17(12-14)21(2,3)10-11-25-18/h6,8-10,13H,4,11-12H2,1-3H3;6,8-10,13H,4,11-12H2,1-3H3;6,8-10,13-14H,4,11-12H2,1-3H3;6,8-10,13-14H,4,11-12H2,1-3H3;5,7-9,12H,10-11H2,1-3H3. The Balaban J connectivity index is 0.000000163. The Hall–Kier alpha value is -12.4. The van der Waals surface area contributed by atoms with E-state index < -0.39 is 119 Å². The summed E-state index contributed by atoms with van der Waals surface area (Å²) < 4.78 is 155. The van der Waals surface area contributed by atoms with Gasteiger partial charge in [-0.3, -0.25) is 27.5 Å². The average Bonchev–Trinajstić information content (AvgIpc) is 0.758. The number of hydrogen-bond acceptors (Lipinski definition) is 16. The Kier molecular flexibility index (Phi) is 34.5. The first-order valence-electron chi connectivity index (χ1n) is 43.9. The molecular weight excluding hydrogens is 1840 g/mol. The molecule has 5 aliphatic heterocycles. The molecule has 0 amide bonds. The highest BCUT2D eigenvalue weighted by Gasteiger charge is 2.36. The van der Waals surface area contributed by atoms with Crippen molar-refractivity contribution in [3.63, 3.8) is 0 Å². The predicted octanol–water partition coefficient (Wildman–Crippen LogP) is 23.1. The normalized spacial score (nSPS) is 16.3. The number of nitro groups is 1. The Morgan fingerprint density at radius 3 is 0.971 bits per heavy atom. The largest absolute Gasteiger partial charge is 0.462 e. The zero-order chi connectivity index (χ0) is 99.1. The van der Waals surface area contributed by atoms with Crippen LogP contribution in [0.5, 0.6) is 0 Å². The van der Waals surface area contributed by atoms with Gasteiger partial charge in [0.25, 0.3) is 5.69 Å². The van der Waals surface area contributed by atoms with Gasteiger partial charge in [0.2, 0.25) is 0 Å². The first-order chi connectivity index (χ1) is 64.4. The second-order valence-corrected chi connectivity index (χ2v) is 42.2. The average molecular weight is 1940 g/mol. The van der Waals surface area contributed by atoms with E-state index in [0.717, 1.165) is 97.7 Å². The fourth-order valence-corrected chi connectivity index (χ4v) is 23.3. The van der Waals surface area contributed by atoms with Crippen LogP contribution in [0, 0.1) is 110 Å². The summed E-state index contributed by atoms with van der Waals surface area (Å²) >= 11 is 3.66. The van der Waals surface area contributed by atoms with Crippen molar-refractivity contribution in [2.24, 2.45) is 0 Å². The molecule has 136 heavy (non-hydrogen) atoms. The van der Waals surface area contributed by atoms with E-state index >= 15 is 0 Å². The molecule has 0 radical (unpaired) electrons. The molecule has 0 bridgehead atoms. The lowest BCUT2D eigenvalue weighted by molar-refractivity contribution is -0.385. The van der Waals surface area contributed by atoms with Crippen LogP contribution in [-0.2, 0) is 78.4 Å². The van der Waals surface area contributed by atoms with E-state index in [4.69, 9.17) is 18.9 Å². The number of rotatable bonds is 10. The molecule has 27 heteroatoms. The van der Waals surface area contributed by atoms with Gasteiger partial charge in [-0.05, 0) is 291 Å². The summed E-state index contributed by atoms with van der Waals surface area (Å²) in [6.45, 7) is 29.8. The summed E-state index contributed by atoms with van der Waals surface area (Å²) in [5, 5.41) is 11.4. The van der Waals surface area contributed by atoms with Crippen LogP contribution >= 0.6 is 23.5 Å². The van der Waals surface area contributed by atoms with Gasteiger partial charge in [0.15, 0.2) is 40.7 Å². The lowest BCUT2D eigenvalue weighted by Gasteiger charge is -2.32. The van der Waals surface area contributed by atoms with E-state index in [1.165, 1.54) is 94.6 Å². The summed E-state index contributed by atoms with van der Waals surface area (Å²) in [5.41, 5.74) is 7.96. The molecule has 0 fully saturated rings. The maximum atomic E-state index is 14.3. The zero-order valence-corrected chi connectivity index (χ0v) is 81.9. The van der Waals surface area contributed by atoms with Crippen molar-refractivity contribution in [1.82, 2.24) is 0 Å². The second-order valence-electron chi connectivity index (χ2n) is 35.3. The molecular formula is C109H100F7NO14S5. The molecule has 0 aromatic heterocycles. The highest BCUT2D eigenvalue weighted by Crippen LogP contribution is 2.45. The highest BCUT2D eigenvalue weighted by atomic mass is 32.2. The van der Waals surface area contributed by atoms with Crippen LogP contribution in [-0.4, -0.2) is 102 Å². The quantitative estimate of drug-likeness (QED) is 0.0236. The number of Topliss-reactive ketones (excluding diaryl/α,β-unsaturated/α-hetero) is 1. The van der Waals surface area contributed by atoms with Gasteiger partial charge in [0.05, 0.1) is 114 Å². The second kappa shape index (κ2) is 45.1. The van der Waals surface area contributed by atoms with E-state index in [0.29, 0.717) is 28.4 Å². The molecule has 3 atom stereocenters. The number of carbonyl (C=O) groups is 5. The molecule has 0 N–H and O–H groups in total. The van der Waals surface area contributed by atoms with Crippen molar-refractivity contribution < 1.29 is 91.2 Å². The van der Waals surface area contributed by atoms with Gasteiger partial charge in [-0.2, -0.15) is 0 Å². The number of carbonyl (C=O) groups excluding carboxylic acids is 5. The monoisotopic (exact) mass is 1940 g/mol. The summed E-state index contributed by atoms with van der Waals surface area (Å²) in [5.74, 6) is 21.3. The van der Waals surface area contributed by atoms with Crippen molar-refractivity contribution >= 4 is 91.3 Å². The lowest BCUT2D eigenvalue weighted by Crippen LogP contribution is -2.27. The number of fused-ring (bicyclic) bond motifs is 5. The maximum Gasteiger partial charge on any atom is 0.341 e. The third kappa shape index (κ3) is 25.3. The molecule has 0 aliphatic carbocycles. The minimum Gasteiger partial charge on any atom is -0.462 e. The van der Waals surface area contributed by atoms with Crippen molar-refractivity contribution in [2.75, 3.05) is 55.2 Å². The van der Waals surface area contributed by atoms with Gasteiger partial charge in [-0.1, -0.05) is 128 Å². The SMILES string of the molecule is CC(=O)c1ccc(C#Cc2ccc3c(c2)C(C)(C)CCS3)c(F)c1F.CCOC(=O)c1ccc(C#Cc2ccc3c(c2)C(C)(C)CCS3)c(F)c1F.CCOC(=O)c1ccc(C#Cc2ccc3c(c2)C(C)(C)CCS3=O)c(F)c1.CCOC(=O)c1ccc(C#Cc2ccc3c(c2)C(C)(C)CCS3=O)c(F)c1F.CCOC(=O)c1ccc(C#Cc2ccc3c(c2)C(C)(C)CCS3=O)c([N+](=O)[O-])c1. The van der Waals surface area contributed by atoms with Gasteiger partial charge < -0.3 is 18.9 Å². The molecule has 0 saturated heterocycles. The van der Waals surface area contributed by atoms with E-state index in [9.17, 15) is 77.4 Å². The van der Waals surface area contributed by atoms with Crippen molar-refractivity contribution in [3.8, 4) is 59.2 Å². The number of nitrogens with zero attached hydrogens (tertiary/aromatic N) is 1. The zero-order valence-electron chi connectivity index (χ0n) is 77.8. The highest BCUT2D eigenvalue weighted by molar-refractivity contribution is 7.99. The van der Waals surface area contributed by atoms with Gasteiger partial charge in [-0.15, -0.1) is 23.5 Å².